The van der Waals surface area contributed by atoms with Gasteiger partial charge in [-0.05, 0) is 31.9 Å². The van der Waals surface area contributed by atoms with E-state index in [0.717, 1.165) is 6.42 Å². The zero-order chi connectivity index (χ0) is 9.26. The number of benzene rings is 1. The second-order valence-electron chi connectivity index (χ2n) is 3.86. The van der Waals surface area contributed by atoms with Gasteiger partial charge >= 0.3 is 0 Å². The highest BCUT2D eigenvalue weighted by Gasteiger charge is 2.16. The number of hydrogen-bond acceptors (Lipinski definition) is 1. The van der Waals surface area contributed by atoms with Crippen LogP contribution in [0.5, 0.6) is 0 Å². The highest BCUT2D eigenvalue weighted by molar-refractivity contribution is 5.57. The molecule has 1 nitrogen and oxygen atoms in total. The molecule has 0 bridgehead atoms. The molecule has 1 aliphatic heterocycles. The van der Waals surface area contributed by atoms with E-state index in [1.54, 1.807) is 0 Å². The minimum atomic E-state index is 0.502. The SMILES string of the molecule is CC(C)=CC1Cc2ccccc2N1. The van der Waals surface area contributed by atoms with Crippen molar-refractivity contribution < 1.29 is 0 Å². The van der Waals surface area contributed by atoms with Gasteiger partial charge in [-0.25, -0.2) is 0 Å². The Kier molecular flexibility index (Phi) is 2.09. The Balaban J connectivity index is 2.18. The fourth-order valence-corrected chi connectivity index (χ4v) is 1.83. The van der Waals surface area contributed by atoms with Crippen LogP contribution in [-0.2, 0) is 6.42 Å². The van der Waals surface area contributed by atoms with Crippen molar-refractivity contribution in [3.05, 3.63) is 41.5 Å². The summed E-state index contributed by atoms with van der Waals surface area (Å²) in [5.41, 5.74) is 4.11. The first-order valence-electron chi connectivity index (χ1n) is 4.75. The largest absolute Gasteiger partial charge is 0.378 e. The quantitative estimate of drug-likeness (QED) is 0.644. The fourth-order valence-electron chi connectivity index (χ4n) is 1.83. The summed E-state index contributed by atoms with van der Waals surface area (Å²) in [6.07, 6.45) is 3.42. The molecule has 0 amide bonds. The number of rotatable bonds is 1. The molecule has 1 aromatic carbocycles. The van der Waals surface area contributed by atoms with Crippen LogP contribution in [-0.4, -0.2) is 6.04 Å². The molecule has 0 aromatic heterocycles. The molecule has 0 saturated carbocycles. The number of para-hydroxylation sites is 1. The van der Waals surface area contributed by atoms with E-state index in [4.69, 9.17) is 0 Å². The second kappa shape index (κ2) is 3.25. The van der Waals surface area contributed by atoms with Crippen molar-refractivity contribution >= 4 is 5.69 Å². The maximum absolute atomic E-state index is 3.49. The van der Waals surface area contributed by atoms with Crippen molar-refractivity contribution in [2.45, 2.75) is 26.3 Å². The van der Waals surface area contributed by atoms with E-state index >= 15 is 0 Å². The maximum Gasteiger partial charge on any atom is 0.0488 e. The third kappa shape index (κ3) is 1.74. The van der Waals surface area contributed by atoms with Crippen molar-refractivity contribution in [3.8, 4) is 0 Å². The van der Waals surface area contributed by atoms with Gasteiger partial charge in [-0.1, -0.05) is 29.8 Å². The summed E-state index contributed by atoms with van der Waals surface area (Å²) in [6.45, 7) is 4.29. The minimum Gasteiger partial charge on any atom is -0.378 e. The highest BCUT2D eigenvalue weighted by atomic mass is 14.9. The predicted molar refractivity (Wildman–Crippen MR) is 57.0 cm³/mol. The first kappa shape index (κ1) is 8.36. The van der Waals surface area contributed by atoms with Crippen molar-refractivity contribution in [3.63, 3.8) is 0 Å². The molecule has 1 aliphatic rings. The van der Waals surface area contributed by atoms with Crippen LogP contribution in [0.25, 0.3) is 0 Å². The Hall–Kier alpha value is -1.24. The van der Waals surface area contributed by atoms with Crippen molar-refractivity contribution in [1.82, 2.24) is 0 Å². The Labute approximate surface area is 79.5 Å². The second-order valence-corrected chi connectivity index (χ2v) is 3.86. The summed E-state index contributed by atoms with van der Waals surface area (Å²) in [5.74, 6) is 0. The number of hydrogen-bond donors (Lipinski definition) is 1. The molecule has 0 radical (unpaired) electrons. The van der Waals surface area contributed by atoms with Gasteiger partial charge < -0.3 is 5.32 Å². The van der Waals surface area contributed by atoms with E-state index in [9.17, 15) is 0 Å². The van der Waals surface area contributed by atoms with Gasteiger partial charge in [0.25, 0.3) is 0 Å². The lowest BCUT2D eigenvalue weighted by Gasteiger charge is -2.05. The van der Waals surface area contributed by atoms with E-state index in [1.165, 1.54) is 16.8 Å². The zero-order valence-electron chi connectivity index (χ0n) is 8.17. The lowest BCUT2D eigenvalue weighted by Crippen LogP contribution is -2.11. The van der Waals surface area contributed by atoms with Gasteiger partial charge in [0.05, 0.1) is 0 Å². The molecule has 0 aliphatic carbocycles. The van der Waals surface area contributed by atoms with Crippen molar-refractivity contribution in [1.29, 1.82) is 0 Å². The van der Waals surface area contributed by atoms with Gasteiger partial charge in [0.1, 0.15) is 0 Å². The monoisotopic (exact) mass is 173 g/mol. The van der Waals surface area contributed by atoms with E-state index in [-0.39, 0.29) is 0 Å². The molecule has 0 fully saturated rings. The first-order chi connectivity index (χ1) is 6.25. The molecular formula is C12H15N. The number of allylic oxidation sites excluding steroid dienone is 1. The van der Waals surface area contributed by atoms with Crippen LogP contribution in [0, 0.1) is 0 Å². The van der Waals surface area contributed by atoms with E-state index in [1.807, 2.05) is 0 Å². The third-order valence-corrected chi connectivity index (χ3v) is 2.33. The Morgan fingerprint density at radius 3 is 2.85 bits per heavy atom. The molecule has 13 heavy (non-hydrogen) atoms. The van der Waals surface area contributed by atoms with Crippen LogP contribution < -0.4 is 5.32 Å². The molecule has 1 aromatic rings. The Morgan fingerprint density at radius 2 is 2.15 bits per heavy atom. The molecule has 2 rings (SSSR count). The molecule has 1 atom stereocenters. The van der Waals surface area contributed by atoms with Crippen LogP contribution in [0.15, 0.2) is 35.9 Å². The Bertz CT molecular complexity index is 310. The van der Waals surface area contributed by atoms with Crippen molar-refractivity contribution in [2.75, 3.05) is 5.32 Å². The van der Waals surface area contributed by atoms with E-state index in [0.29, 0.717) is 6.04 Å². The Morgan fingerprint density at radius 1 is 1.38 bits per heavy atom. The van der Waals surface area contributed by atoms with Gasteiger partial charge in [0, 0.05) is 11.7 Å². The van der Waals surface area contributed by atoms with Crippen LogP contribution in [0.2, 0.25) is 0 Å². The summed E-state index contributed by atoms with van der Waals surface area (Å²) in [4.78, 5) is 0. The molecule has 68 valence electrons. The summed E-state index contributed by atoms with van der Waals surface area (Å²) in [5, 5.41) is 3.49. The fraction of sp³-hybridized carbons (Fsp3) is 0.333. The van der Waals surface area contributed by atoms with Crippen LogP contribution in [0.1, 0.15) is 19.4 Å². The zero-order valence-corrected chi connectivity index (χ0v) is 8.17. The molecule has 1 heterocycles. The summed E-state index contributed by atoms with van der Waals surface area (Å²) < 4.78 is 0. The number of nitrogens with one attached hydrogen (secondary N) is 1. The molecule has 0 saturated heterocycles. The van der Waals surface area contributed by atoms with E-state index < -0.39 is 0 Å². The molecular weight excluding hydrogens is 158 g/mol. The predicted octanol–water partition coefficient (Wildman–Crippen LogP) is 2.99. The summed E-state index contributed by atoms with van der Waals surface area (Å²) in [7, 11) is 0. The van der Waals surface area contributed by atoms with Gasteiger partial charge in [-0.2, -0.15) is 0 Å². The van der Waals surface area contributed by atoms with Crippen LogP contribution >= 0.6 is 0 Å². The number of anilines is 1. The smallest absolute Gasteiger partial charge is 0.0488 e. The molecule has 0 spiro atoms. The summed E-state index contributed by atoms with van der Waals surface area (Å²) in [6, 6.07) is 9.03. The molecule has 1 N–H and O–H groups in total. The van der Waals surface area contributed by atoms with Crippen LogP contribution in [0.3, 0.4) is 0 Å². The van der Waals surface area contributed by atoms with Crippen LogP contribution in [0.4, 0.5) is 5.69 Å². The van der Waals surface area contributed by atoms with Gasteiger partial charge in [0.15, 0.2) is 0 Å². The number of fused-ring (bicyclic) bond motifs is 1. The van der Waals surface area contributed by atoms with Crippen molar-refractivity contribution in [2.24, 2.45) is 0 Å². The molecule has 1 unspecified atom stereocenters. The molecule has 1 heteroatoms. The highest BCUT2D eigenvalue weighted by Crippen LogP contribution is 2.25. The third-order valence-electron chi connectivity index (χ3n) is 2.33. The standard InChI is InChI=1S/C12H15N/c1-9(2)7-11-8-10-5-3-4-6-12(10)13-11/h3-7,11,13H,8H2,1-2H3. The average molecular weight is 173 g/mol. The maximum atomic E-state index is 3.49. The lowest BCUT2D eigenvalue weighted by molar-refractivity contribution is 0.913. The topological polar surface area (TPSA) is 12.0 Å². The minimum absolute atomic E-state index is 0.502. The first-order valence-corrected chi connectivity index (χ1v) is 4.75. The summed E-state index contributed by atoms with van der Waals surface area (Å²) >= 11 is 0. The van der Waals surface area contributed by atoms with Gasteiger partial charge in [0.2, 0.25) is 0 Å². The van der Waals surface area contributed by atoms with Gasteiger partial charge in [-0.15, -0.1) is 0 Å². The van der Waals surface area contributed by atoms with E-state index in [2.05, 4.69) is 49.5 Å². The lowest BCUT2D eigenvalue weighted by atomic mass is 10.1. The normalized spacial score (nSPS) is 19.1. The van der Waals surface area contributed by atoms with Gasteiger partial charge in [-0.3, -0.25) is 0 Å². The average Bonchev–Trinajstić information content (AvgIpc) is 2.44.